The van der Waals surface area contributed by atoms with Crippen LogP contribution in [0.2, 0.25) is 0 Å². The highest BCUT2D eigenvalue weighted by molar-refractivity contribution is 5.77. The van der Waals surface area contributed by atoms with Crippen molar-refractivity contribution in [2.24, 2.45) is 0 Å². The van der Waals surface area contributed by atoms with E-state index in [1.807, 2.05) is 36.5 Å². The molecule has 0 unspecified atom stereocenters. The Morgan fingerprint density at radius 2 is 1.93 bits per heavy atom. The molecule has 1 aliphatic heterocycles. The van der Waals surface area contributed by atoms with Crippen molar-refractivity contribution in [3.8, 4) is 0 Å². The van der Waals surface area contributed by atoms with Crippen LogP contribution in [0, 0.1) is 6.92 Å². The Morgan fingerprint density at radius 3 is 2.72 bits per heavy atom. The van der Waals surface area contributed by atoms with E-state index in [4.69, 9.17) is 4.98 Å². The Bertz CT molecular complexity index is 977. The number of carbonyl (C=O) groups excluding carboxylic acids is 1. The van der Waals surface area contributed by atoms with Gasteiger partial charge in [-0.25, -0.2) is 4.98 Å². The van der Waals surface area contributed by atoms with Crippen molar-refractivity contribution in [1.29, 1.82) is 0 Å². The van der Waals surface area contributed by atoms with Gasteiger partial charge >= 0.3 is 0 Å². The van der Waals surface area contributed by atoms with Crippen molar-refractivity contribution >= 4 is 5.91 Å². The summed E-state index contributed by atoms with van der Waals surface area (Å²) in [5.41, 5.74) is 4.70. The molecule has 0 saturated carbocycles. The van der Waals surface area contributed by atoms with E-state index in [9.17, 15) is 4.79 Å². The number of nitrogens with zero attached hydrogens (tertiary/aromatic N) is 2. The van der Waals surface area contributed by atoms with Gasteiger partial charge in [0.15, 0.2) is 0 Å². The fourth-order valence-corrected chi connectivity index (χ4v) is 4.41. The first kappa shape index (κ1) is 19.4. The molecule has 4 nitrogen and oxygen atoms in total. The van der Waals surface area contributed by atoms with Gasteiger partial charge in [0.1, 0.15) is 5.82 Å². The first-order chi connectivity index (χ1) is 14.1. The zero-order chi connectivity index (χ0) is 20.2. The Hall–Kier alpha value is -2.88. The minimum Gasteiger partial charge on any atom is -0.352 e. The molecule has 29 heavy (non-hydrogen) atoms. The van der Waals surface area contributed by atoms with Crippen molar-refractivity contribution in [3.05, 3.63) is 89.0 Å². The van der Waals surface area contributed by atoms with Crippen LogP contribution in [0.3, 0.4) is 0 Å². The SMILES string of the molecule is Cc1ccccc1[C@@H](CC(=O)NCc1ccccc1)c1cnc2n1CCC[C@@H]2C. The fourth-order valence-electron chi connectivity index (χ4n) is 4.41. The van der Waals surface area contributed by atoms with Crippen molar-refractivity contribution in [1.82, 2.24) is 14.9 Å². The van der Waals surface area contributed by atoms with Crippen LogP contribution in [0.15, 0.2) is 60.8 Å². The minimum absolute atomic E-state index is 0.0125. The van der Waals surface area contributed by atoms with Gasteiger partial charge in [-0.15, -0.1) is 0 Å². The molecule has 2 atom stereocenters. The molecule has 150 valence electrons. The number of hydrogen-bond donors (Lipinski definition) is 1. The van der Waals surface area contributed by atoms with Gasteiger partial charge in [-0.2, -0.15) is 0 Å². The highest BCUT2D eigenvalue weighted by Gasteiger charge is 2.27. The molecule has 1 N–H and O–H groups in total. The predicted molar refractivity (Wildman–Crippen MR) is 116 cm³/mol. The summed E-state index contributed by atoms with van der Waals surface area (Å²) >= 11 is 0. The average Bonchev–Trinajstić information content (AvgIpc) is 3.17. The van der Waals surface area contributed by atoms with Gasteiger partial charge in [-0.3, -0.25) is 4.79 Å². The van der Waals surface area contributed by atoms with Crippen molar-refractivity contribution in [2.45, 2.75) is 58.0 Å². The summed E-state index contributed by atoms with van der Waals surface area (Å²) in [5, 5.41) is 3.10. The van der Waals surface area contributed by atoms with Crippen molar-refractivity contribution in [3.63, 3.8) is 0 Å². The summed E-state index contributed by atoms with van der Waals surface area (Å²) in [6.45, 7) is 5.92. The summed E-state index contributed by atoms with van der Waals surface area (Å²) < 4.78 is 2.36. The first-order valence-electron chi connectivity index (χ1n) is 10.5. The summed E-state index contributed by atoms with van der Waals surface area (Å²) in [4.78, 5) is 17.6. The molecule has 0 saturated heterocycles. The molecule has 0 aliphatic carbocycles. The van der Waals surface area contributed by atoms with Crippen molar-refractivity contribution in [2.75, 3.05) is 0 Å². The maximum absolute atomic E-state index is 12.9. The third kappa shape index (κ3) is 4.26. The standard InChI is InChI=1S/C25H29N3O/c1-18-9-6-7-13-21(18)22(15-24(29)26-16-20-11-4-3-5-12-20)23-17-27-25-19(2)10-8-14-28(23)25/h3-7,9,11-13,17,19,22H,8,10,14-16H2,1-2H3,(H,26,29)/t19-,22+/m0/s1. The Morgan fingerprint density at radius 1 is 1.17 bits per heavy atom. The predicted octanol–water partition coefficient (Wildman–Crippen LogP) is 4.93. The van der Waals surface area contributed by atoms with E-state index >= 15 is 0 Å². The van der Waals surface area contributed by atoms with E-state index in [0.29, 0.717) is 18.9 Å². The smallest absolute Gasteiger partial charge is 0.221 e. The highest BCUT2D eigenvalue weighted by atomic mass is 16.1. The molecule has 0 spiro atoms. The summed E-state index contributed by atoms with van der Waals surface area (Å²) in [6.07, 6.45) is 4.78. The largest absolute Gasteiger partial charge is 0.352 e. The van der Waals surface area contributed by atoms with Crippen LogP contribution in [0.5, 0.6) is 0 Å². The van der Waals surface area contributed by atoms with Crippen molar-refractivity contribution < 1.29 is 4.79 Å². The number of fused-ring (bicyclic) bond motifs is 1. The van der Waals surface area contributed by atoms with Gasteiger partial charge in [0, 0.05) is 43.2 Å². The van der Waals surface area contributed by atoms with Crippen LogP contribution in [0.25, 0.3) is 0 Å². The van der Waals surface area contributed by atoms with E-state index in [-0.39, 0.29) is 11.8 Å². The molecular formula is C25H29N3O. The second-order valence-corrected chi connectivity index (χ2v) is 8.11. The summed E-state index contributed by atoms with van der Waals surface area (Å²) in [5.74, 6) is 1.72. The maximum Gasteiger partial charge on any atom is 0.221 e. The molecule has 1 aliphatic rings. The second kappa shape index (κ2) is 8.64. The fraction of sp³-hybridized carbons (Fsp3) is 0.360. The van der Waals surface area contributed by atoms with Crippen LogP contribution in [0.4, 0.5) is 0 Å². The lowest BCUT2D eigenvalue weighted by Crippen LogP contribution is -2.26. The number of carbonyl (C=O) groups is 1. The molecule has 1 aromatic heterocycles. The van der Waals surface area contributed by atoms with Crippen LogP contribution in [-0.4, -0.2) is 15.5 Å². The third-order valence-corrected chi connectivity index (χ3v) is 6.02. The third-order valence-electron chi connectivity index (χ3n) is 6.02. The van der Waals surface area contributed by atoms with Crippen LogP contribution >= 0.6 is 0 Å². The average molecular weight is 388 g/mol. The number of aromatic nitrogens is 2. The van der Waals surface area contributed by atoms with Gasteiger partial charge in [0.2, 0.25) is 5.91 Å². The maximum atomic E-state index is 12.9. The molecule has 0 fully saturated rings. The zero-order valence-electron chi connectivity index (χ0n) is 17.3. The first-order valence-corrected chi connectivity index (χ1v) is 10.5. The van der Waals surface area contributed by atoms with E-state index in [2.05, 4.69) is 48.0 Å². The number of amides is 1. The van der Waals surface area contributed by atoms with Crippen LogP contribution < -0.4 is 5.32 Å². The second-order valence-electron chi connectivity index (χ2n) is 8.11. The van der Waals surface area contributed by atoms with Crippen LogP contribution in [-0.2, 0) is 17.9 Å². The number of rotatable bonds is 6. The quantitative estimate of drug-likeness (QED) is 0.652. The molecule has 2 aromatic carbocycles. The van der Waals surface area contributed by atoms with Gasteiger partial charge in [-0.05, 0) is 36.5 Å². The normalized spacial score (nSPS) is 16.8. The number of benzene rings is 2. The number of nitrogens with one attached hydrogen (secondary N) is 1. The van der Waals surface area contributed by atoms with Gasteiger partial charge in [0.25, 0.3) is 0 Å². The van der Waals surface area contributed by atoms with E-state index < -0.39 is 0 Å². The molecule has 2 heterocycles. The molecule has 3 aromatic rings. The van der Waals surface area contributed by atoms with Gasteiger partial charge < -0.3 is 9.88 Å². The Balaban J connectivity index is 1.60. The number of hydrogen-bond acceptors (Lipinski definition) is 2. The topological polar surface area (TPSA) is 46.9 Å². The highest BCUT2D eigenvalue weighted by Crippen LogP contribution is 2.35. The van der Waals surface area contributed by atoms with Gasteiger partial charge in [-0.1, -0.05) is 61.5 Å². The molecule has 4 rings (SSSR count). The van der Waals surface area contributed by atoms with Crippen LogP contribution in [0.1, 0.15) is 66.2 Å². The summed E-state index contributed by atoms with van der Waals surface area (Å²) in [6, 6.07) is 18.4. The minimum atomic E-state index is 0.0125. The lowest BCUT2D eigenvalue weighted by molar-refractivity contribution is -0.121. The molecular weight excluding hydrogens is 358 g/mol. The van der Waals surface area contributed by atoms with Gasteiger partial charge in [0.05, 0.1) is 0 Å². The van der Waals surface area contributed by atoms with E-state index in [1.54, 1.807) is 0 Å². The monoisotopic (exact) mass is 387 g/mol. The Labute approximate surface area is 173 Å². The molecule has 0 bridgehead atoms. The Kier molecular flexibility index (Phi) is 5.79. The molecule has 4 heteroatoms. The zero-order valence-corrected chi connectivity index (χ0v) is 17.3. The van der Waals surface area contributed by atoms with E-state index in [1.165, 1.54) is 17.5 Å². The number of aryl methyl sites for hydroxylation is 1. The molecule has 1 amide bonds. The van der Waals surface area contributed by atoms with E-state index in [0.717, 1.165) is 30.0 Å². The lowest BCUT2D eigenvalue weighted by atomic mass is 9.88. The summed E-state index contributed by atoms with van der Waals surface area (Å²) in [7, 11) is 0. The number of imidazole rings is 1. The lowest BCUT2D eigenvalue weighted by Gasteiger charge is -2.26. The molecule has 0 radical (unpaired) electrons.